The third-order valence-electron chi connectivity index (χ3n) is 14.0. The van der Waals surface area contributed by atoms with Crippen molar-refractivity contribution in [2.24, 2.45) is 0 Å². The van der Waals surface area contributed by atoms with Crippen molar-refractivity contribution in [3.63, 3.8) is 0 Å². The summed E-state index contributed by atoms with van der Waals surface area (Å²) >= 11 is 0. The van der Waals surface area contributed by atoms with E-state index in [2.05, 4.69) is 240 Å². The predicted molar refractivity (Wildman–Crippen MR) is 290 cm³/mol. The van der Waals surface area contributed by atoms with Gasteiger partial charge >= 0.3 is 0 Å². The minimum atomic E-state index is -0.0438. The first-order valence-electron chi connectivity index (χ1n) is 24.4. The summed E-state index contributed by atoms with van der Waals surface area (Å²) in [7, 11) is 0. The van der Waals surface area contributed by atoms with Crippen LogP contribution in [0, 0.1) is 0 Å². The van der Waals surface area contributed by atoms with Crippen molar-refractivity contribution in [1.29, 1.82) is 0 Å². The molecule has 0 amide bonds. The van der Waals surface area contributed by atoms with E-state index in [0.29, 0.717) is 23.3 Å². The Morgan fingerprint density at radius 3 is 2.01 bits per heavy atom. The molecular weight excluding hydrogens is 857 g/mol. The van der Waals surface area contributed by atoms with Crippen molar-refractivity contribution >= 4 is 54.8 Å². The van der Waals surface area contributed by atoms with Gasteiger partial charge in [0.15, 0.2) is 0 Å². The lowest BCUT2D eigenvalue weighted by Crippen LogP contribution is -2.12. The summed E-state index contributed by atoms with van der Waals surface area (Å²) in [4.78, 5) is 10.4. The van der Waals surface area contributed by atoms with Crippen LogP contribution in [0.2, 0.25) is 0 Å². The molecule has 0 radical (unpaired) electrons. The van der Waals surface area contributed by atoms with Gasteiger partial charge in [0.05, 0.1) is 33.3 Å². The molecule has 0 aliphatic heterocycles. The van der Waals surface area contributed by atoms with Gasteiger partial charge in [-0.15, -0.1) is 0 Å². The zero-order valence-electron chi connectivity index (χ0n) is 40.7. The van der Waals surface area contributed by atoms with E-state index < -0.39 is 0 Å². The van der Waals surface area contributed by atoms with Crippen molar-refractivity contribution in [1.82, 2.24) is 19.1 Å². The van der Waals surface area contributed by atoms with Crippen LogP contribution in [0.5, 0.6) is 11.5 Å². The minimum Gasteiger partial charge on any atom is -0.457 e. The van der Waals surface area contributed by atoms with Gasteiger partial charge in [-0.1, -0.05) is 152 Å². The molecule has 0 N–H and O–H groups in total. The summed E-state index contributed by atoms with van der Waals surface area (Å²) in [5.74, 6) is 3.70. The first-order valence-corrected chi connectivity index (χ1v) is 24.4. The summed E-state index contributed by atoms with van der Waals surface area (Å²) in [6, 6.07) is 64.5. The highest BCUT2D eigenvalue weighted by Crippen LogP contribution is 2.46. The molecule has 0 aliphatic carbocycles. The number of benzene rings is 8. The fourth-order valence-electron chi connectivity index (χ4n) is 10.5. The Morgan fingerprint density at radius 2 is 1.23 bits per heavy atom. The van der Waals surface area contributed by atoms with Gasteiger partial charge in [-0.05, 0) is 123 Å². The van der Waals surface area contributed by atoms with Gasteiger partial charge in [0.1, 0.15) is 34.3 Å². The van der Waals surface area contributed by atoms with Gasteiger partial charge in [-0.3, -0.25) is 9.13 Å². The molecule has 0 saturated carbocycles. The highest BCUT2D eigenvalue weighted by atomic mass is 16.5. The van der Waals surface area contributed by atoms with Crippen molar-refractivity contribution in [3.05, 3.63) is 205 Å². The largest absolute Gasteiger partial charge is 0.457 e. The van der Waals surface area contributed by atoms with Crippen LogP contribution in [0.25, 0.3) is 99.9 Å². The summed E-state index contributed by atoms with van der Waals surface area (Å²) in [6.07, 6.45) is 1.92. The number of furan rings is 1. The second-order valence-electron chi connectivity index (χ2n) is 20.2. The number of ether oxygens (including phenoxy) is 1. The molecule has 12 rings (SSSR count). The van der Waals surface area contributed by atoms with Gasteiger partial charge in [-0.25, -0.2) is 9.97 Å². The molecule has 6 heteroatoms. The van der Waals surface area contributed by atoms with Crippen molar-refractivity contribution in [2.75, 3.05) is 0 Å². The van der Waals surface area contributed by atoms with Gasteiger partial charge in [0, 0.05) is 39.4 Å². The molecule has 6 nitrogen and oxygen atoms in total. The maximum absolute atomic E-state index is 7.16. The molecule has 4 heterocycles. The molecular formula is C64H54N4O2. The van der Waals surface area contributed by atoms with Gasteiger partial charge in [0.2, 0.25) is 0 Å². The Balaban J connectivity index is 1.11. The lowest BCUT2D eigenvalue weighted by Gasteiger charge is -2.20. The average molecular weight is 911 g/mol. The zero-order chi connectivity index (χ0) is 47.8. The molecule has 12 aromatic rings. The Hall–Kier alpha value is -8.22. The second-order valence-corrected chi connectivity index (χ2v) is 20.2. The van der Waals surface area contributed by atoms with Crippen LogP contribution < -0.4 is 4.74 Å². The Bertz CT molecular complexity index is 3950. The van der Waals surface area contributed by atoms with Crippen LogP contribution in [0.15, 0.2) is 193 Å². The number of pyridine rings is 1. The summed E-state index contributed by atoms with van der Waals surface area (Å²) in [5, 5.41) is 4.25. The lowest BCUT2D eigenvalue weighted by molar-refractivity contribution is 0.484. The average Bonchev–Trinajstić information content (AvgIpc) is 4.05. The molecule has 0 fully saturated rings. The number of fused-ring (bicyclic) bond motifs is 7. The highest BCUT2D eigenvalue weighted by Gasteiger charge is 2.25. The van der Waals surface area contributed by atoms with E-state index in [1.54, 1.807) is 0 Å². The quantitative estimate of drug-likeness (QED) is 0.145. The Kier molecular flexibility index (Phi) is 10.3. The second kappa shape index (κ2) is 16.8. The van der Waals surface area contributed by atoms with Crippen molar-refractivity contribution < 1.29 is 9.15 Å². The van der Waals surface area contributed by atoms with Crippen LogP contribution in [-0.4, -0.2) is 19.1 Å². The minimum absolute atomic E-state index is 0.0438. The van der Waals surface area contributed by atoms with Gasteiger partial charge < -0.3 is 9.15 Å². The van der Waals surface area contributed by atoms with Crippen LogP contribution in [0.3, 0.4) is 0 Å². The Morgan fingerprint density at radius 1 is 0.514 bits per heavy atom. The number of hydrogen-bond acceptors (Lipinski definition) is 4. The number of hydrogen-bond donors (Lipinski definition) is 0. The summed E-state index contributed by atoms with van der Waals surface area (Å²) < 4.78 is 18.8. The third-order valence-corrected chi connectivity index (χ3v) is 14.0. The molecule has 8 aromatic carbocycles. The summed E-state index contributed by atoms with van der Waals surface area (Å²) in [6.45, 7) is 15.8. The fraction of sp³-hybridized carbons (Fsp3) is 0.156. The molecule has 0 unspecified atom stereocenters. The molecule has 0 saturated heterocycles. The fourth-order valence-corrected chi connectivity index (χ4v) is 10.5. The molecule has 0 atom stereocenters. The van der Waals surface area contributed by atoms with Gasteiger partial charge in [-0.2, -0.15) is 0 Å². The van der Waals surface area contributed by atoms with E-state index in [-0.39, 0.29) is 5.41 Å². The molecule has 70 heavy (non-hydrogen) atoms. The maximum Gasteiger partial charge on any atom is 0.149 e. The Labute approximate surface area is 408 Å². The number of imidazole rings is 1. The number of nitrogens with zero attached hydrogens (tertiary/aromatic N) is 4. The molecule has 0 spiro atoms. The number of rotatable bonds is 9. The molecule has 0 aliphatic rings. The number of aromatic nitrogens is 4. The maximum atomic E-state index is 7.16. The third kappa shape index (κ3) is 7.25. The van der Waals surface area contributed by atoms with E-state index >= 15 is 0 Å². The lowest BCUT2D eigenvalue weighted by atomic mass is 9.85. The number of para-hydroxylation sites is 4. The topological polar surface area (TPSA) is 58.0 Å². The van der Waals surface area contributed by atoms with Crippen molar-refractivity contribution in [3.8, 4) is 56.6 Å². The molecule has 342 valence electrons. The smallest absolute Gasteiger partial charge is 0.149 e. The highest BCUT2D eigenvalue weighted by molar-refractivity contribution is 6.12. The van der Waals surface area contributed by atoms with Crippen LogP contribution in [0.1, 0.15) is 77.0 Å². The van der Waals surface area contributed by atoms with Crippen LogP contribution >= 0.6 is 0 Å². The molecule has 4 aromatic heterocycles. The van der Waals surface area contributed by atoms with E-state index in [0.717, 1.165) is 88.8 Å². The first kappa shape index (κ1) is 43.1. The van der Waals surface area contributed by atoms with Crippen LogP contribution in [-0.2, 0) is 5.41 Å². The van der Waals surface area contributed by atoms with Crippen LogP contribution in [0.4, 0.5) is 0 Å². The molecule has 0 bridgehead atoms. The monoisotopic (exact) mass is 910 g/mol. The summed E-state index contributed by atoms with van der Waals surface area (Å²) in [5.41, 5.74) is 15.9. The first-order chi connectivity index (χ1) is 34.0. The normalized spacial score (nSPS) is 12.2. The SMILES string of the molecule is CC(C)c1cccc(C(C)C)c1-c1ccc2oc3c(-c4nc5ccccc5n4-c4ccccc4-c4ccccc4)cc(Oc4ccc5c6ccccc6n(-c6cc(C(C)(C)C)ccn6)c5c4)cc3c2c1. The predicted octanol–water partition coefficient (Wildman–Crippen LogP) is 17.8. The van der Waals surface area contributed by atoms with E-state index in [1.807, 2.05) is 6.20 Å². The zero-order valence-corrected chi connectivity index (χ0v) is 40.7. The van der Waals surface area contributed by atoms with E-state index in [4.69, 9.17) is 19.1 Å². The van der Waals surface area contributed by atoms with Gasteiger partial charge in [0.25, 0.3) is 0 Å². The standard InChI is InChI=1S/C64H54N4O2/c1-39(2)46-22-17-23-47(40(3)4)61(46)42-28-31-59-51(34-42)52-36-45(69-44-29-30-50-49-21-12-15-26-56(49)67(58(50)38-44)60-35-43(32-33-65-60)64(5,6)7)37-53(62(52)70-59)63-66-54-24-13-16-27-57(54)68(63)55-25-14-11-20-48(55)41-18-9-8-10-19-41/h8-40H,1-7H3. The van der Waals surface area contributed by atoms with Crippen molar-refractivity contribution in [2.45, 2.75) is 65.7 Å². The van der Waals surface area contributed by atoms with E-state index in [9.17, 15) is 0 Å². The van der Waals surface area contributed by atoms with E-state index in [1.165, 1.54) is 27.8 Å².